The van der Waals surface area contributed by atoms with Crippen molar-refractivity contribution in [3.63, 3.8) is 0 Å². The van der Waals surface area contributed by atoms with Gasteiger partial charge < -0.3 is 28.6 Å². The lowest BCUT2D eigenvalue weighted by Crippen LogP contribution is -2.86. The Bertz CT molecular complexity index is 300. The highest BCUT2D eigenvalue weighted by Gasteiger charge is 2.55. The van der Waals surface area contributed by atoms with E-state index in [1.807, 2.05) is 0 Å². The SMILES string of the molecule is CCN(C)B1N(CC)B(N(C)CC)N(CC)B(N(C)CC)N1CC. The molecule has 0 aromatic heterocycles. The number of nitrogens with zero attached hydrogens (tertiary/aromatic N) is 6. The molecule has 1 saturated heterocycles. The van der Waals surface area contributed by atoms with Crippen molar-refractivity contribution < 1.29 is 0 Å². The summed E-state index contributed by atoms with van der Waals surface area (Å²) in [5.74, 6) is 0. The Morgan fingerprint density at radius 3 is 0.833 bits per heavy atom. The average Bonchev–Trinajstić information content (AvgIpc) is 2.63. The molecule has 0 aliphatic carbocycles. The van der Waals surface area contributed by atoms with E-state index in [9.17, 15) is 0 Å². The number of rotatable bonds is 9. The van der Waals surface area contributed by atoms with Crippen molar-refractivity contribution >= 4 is 21.4 Å². The summed E-state index contributed by atoms with van der Waals surface area (Å²) in [5, 5.41) is 0. The van der Waals surface area contributed by atoms with Crippen LogP contribution >= 0.6 is 0 Å². The minimum Gasteiger partial charge on any atom is -0.328 e. The van der Waals surface area contributed by atoms with Crippen molar-refractivity contribution in [3.8, 4) is 0 Å². The predicted octanol–water partition coefficient (Wildman–Crippen LogP) is 0.776. The smallest absolute Gasteiger partial charge is 0.328 e. The number of hydrogen-bond acceptors (Lipinski definition) is 6. The molecule has 0 aromatic carbocycles. The zero-order valence-electron chi connectivity index (χ0n) is 17.7. The molecule has 0 saturated carbocycles. The van der Waals surface area contributed by atoms with Crippen molar-refractivity contribution in [3.05, 3.63) is 0 Å². The first-order chi connectivity index (χ1) is 11.4. The van der Waals surface area contributed by atoms with E-state index in [1.165, 1.54) is 0 Å². The summed E-state index contributed by atoms with van der Waals surface area (Å²) in [6.45, 7) is 19.9. The van der Waals surface area contributed by atoms with Gasteiger partial charge in [0.1, 0.15) is 0 Å². The van der Waals surface area contributed by atoms with Crippen LogP contribution in [0.25, 0.3) is 0 Å². The molecule has 0 bridgehead atoms. The Kier molecular flexibility index (Phi) is 9.34. The van der Waals surface area contributed by atoms with Gasteiger partial charge in [-0.05, 0) is 60.4 Å². The van der Waals surface area contributed by atoms with Gasteiger partial charge in [0.15, 0.2) is 0 Å². The van der Waals surface area contributed by atoms with E-state index in [-0.39, 0.29) is 0 Å². The molecular formula is C15H39B3N6. The Labute approximate surface area is 152 Å². The second-order valence-electron chi connectivity index (χ2n) is 6.75. The van der Waals surface area contributed by atoms with E-state index < -0.39 is 0 Å². The van der Waals surface area contributed by atoms with Crippen molar-refractivity contribution in [1.82, 2.24) is 28.6 Å². The van der Waals surface area contributed by atoms with E-state index in [4.69, 9.17) is 0 Å². The highest BCUT2D eigenvalue weighted by Crippen LogP contribution is 2.23. The number of hydrogen-bond donors (Lipinski definition) is 0. The Balaban J connectivity index is 3.41. The summed E-state index contributed by atoms with van der Waals surface area (Å²) < 4.78 is 7.92. The van der Waals surface area contributed by atoms with Crippen LogP contribution in [0.1, 0.15) is 41.5 Å². The fourth-order valence-electron chi connectivity index (χ4n) is 3.92. The molecule has 24 heavy (non-hydrogen) atoms. The molecule has 6 nitrogen and oxygen atoms in total. The van der Waals surface area contributed by atoms with Crippen molar-refractivity contribution in [2.75, 3.05) is 60.4 Å². The van der Waals surface area contributed by atoms with Gasteiger partial charge in [-0.2, -0.15) is 0 Å². The minimum absolute atomic E-state index is 0.325. The molecule has 0 amide bonds. The van der Waals surface area contributed by atoms with Crippen molar-refractivity contribution in [2.24, 2.45) is 0 Å². The minimum atomic E-state index is 0.325. The largest absolute Gasteiger partial charge is 0.384 e. The van der Waals surface area contributed by atoms with E-state index in [0.29, 0.717) is 21.4 Å². The van der Waals surface area contributed by atoms with E-state index in [0.717, 1.165) is 39.3 Å². The fraction of sp³-hybridized carbons (Fsp3) is 1.00. The monoisotopic (exact) mass is 336 g/mol. The summed E-state index contributed by atoms with van der Waals surface area (Å²) in [6, 6.07) is 0. The summed E-state index contributed by atoms with van der Waals surface area (Å²) in [5.41, 5.74) is 0. The van der Waals surface area contributed by atoms with Crippen molar-refractivity contribution in [2.45, 2.75) is 41.5 Å². The first-order valence-corrected chi connectivity index (χ1v) is 9.81. The molecule has 138 valence electrons. The summed E-state index contributed by atoms with van der Waals surface area (Å²) >= 11 is 0. The topological polar surface area (TPSA) is 19.4 Å². The summed E-state index contributed by atoms with van der Waals surface area (Å²) in [7, 11) is 7.74. The lowest BCUT2D eigenvalue weighted by atomic mass is 9.53. The van der Waals surface area contributed by atoms with Gasteiger partial charge in [-0.3, -0.25) is 0 Å². The van der Waals surface area contributed by atoms with Gasteiger partial charge in [0.05, 0.1) is 0 Å². The van der Waals surface area contributed by atoms with Crippen LogP contribution in [0.15, 0.2) is 0 Å². The van der Waals surface area contributed by atoms with Crippen LogP contribution in [0.5, 0.6) is 0 Å². The fourth-order valence-corrected chi connectivity index (χ4v) is 3.92. The second kappa shape index (κ2) is 10.2. The van der Waals surface area contributed by atoms with Gasteiger partial charge in [0, 0.05) is 0 Å². The Morgan fingerprint density at radius 2 is 0.708 bits per heavy atom. The highest BCUT2D eigenvalue weighted by atomic mass is 15.5. The van der Waals surface area contributed by atoms with Crippen LogP contribution in [-0.4, -0.2) is 110 Å². The normalized spacial score (nSPS) is 18.8. The maximum Gasteiger partial charge on any atom is 0.384 e. The first-order valence-electron chi connectivity index (χ1n) is 9.81. The molecule has 0 unspecified atom stereocenters. The molecule has 0 atom stereocenters. The zero-order valence-corrected chi connectivity index (χ0v) is 17.7. The lowest BCUT2D eigenvalue weighted by molar-refractivity contribution is 0.303. The van der Waals surface area contributed by atoms with Gasteiger partial charge in [0.25, 0.3) is 0 Å². The quantitative estimate of drug-likeness (QED) is 0.576. The molecule has 1 fully saturated rings. The molecule has 1 heterocycles. The highest BCUT2D eigenvalue weighted by molar-refractivity contribution is 6.83. The van der Waals surface area contributed by atoms with Gasteiger partial charge in [-0.25, -0.2) is 0 Å². The first kappa shape index (κ1) is 22.0. The van der Waals surface area contributed by atoms with Crippen LogP contribution in [0.2, 0.25) is 0 Å². The predicted molar refractivity (Wildman–Crippen MR) is 109 cm³/mol. The summed E-state index contributed by atoms with van der Waals surface area (Å²) in [4.78, 5) is 7.44. The standard InChI is InChI=1S/C15H39B3N6/c1-10-19(7)16-22(13-4)17(20(8)11-2)24(15-6)18(21(9)12-3)23(16)14-5/h10-15H2,1-9H3. The molecule has 1 aliphatic heterocycles. The third-order valence-corrected chi connectivity index (χ3v) is 5.55. The molecule has 1 aliphatic rings. The van der Waals surface area contributed by atoms with Crippen LogP contribution in [0.3, 0.4) is 0 Å². The Morgan fingerprint density at radius 1 is 0.500 bits per heavy atom. The molecule has 0 radical (unpaired) electrons. The van der Waals surface area contributed by atoms with Gasteiger partial charge in [-0.15, -0.1) is 0 Å². The van der Waals surface area contributed by atoms with E-state index in [1.54, 1.807) is 0 Å². The van der Waals surface area contributed by atoms with E-state index >= 15 is 0 Å². The third-order valence-electron chi connectivity index (χ3n) is 5.55. The lowest BCUT2D eigenvalue weighted by Gasteiger charge is -2.57. The summed E-state index contributed by atoms with van der Waals surface area (Å²) in [6.07, 6.45) is 0. The van der Waals surface area contributed by atoms with Crippen LogP contribution in [-0.2, 0) is 0 Å². The van der Waals surface area contributed by atoms with Crippen molar-refractivity contribution in [1.29, 1.82) is 0 Å². The molecule has 9 heteroatoms. The van der Waals surface area contributed by atoms with Gasteiger partial charge in [-0.1, -0.05) is 41.5 Å². The molecule has 0 N–H and O–H groups in total. The van der Waals surface area contributed by atoms with Gasteiger partial charge >= 0.3 is 21.4 Å². The second-order valence-corrected chi connectivity index (χ2v) is 6.75. The van der Waals surface area contributed by atoms with Crippen LogP contribution < -0.4 is 0 Å². The molecule has 1 rings (SSSR count). The van der Waals surface area contributed by atoms with E-state index in [2.05, 4.69) is 91.3 Å². The molecule has 0 spiro atoms. The maximum atomic E-state index is 2.64. The Hall–Kier alpha value is -0.0452. The maximum absolute atomic E-state index is 2.64. The van der Waals surface area contributed by atoms with Crippen LogP contribution in [0, 0.1) is 0 Å². The third kappa shape index (κ3) is 4.19. The average molecular weight is 336 g/mol. The van der Waals surface area contributed by atoms with Crippen LogP contribution in [0.4, 0.5) is 0 Å². The zero-order chi connectivity index (χ0) is 18.4. The van der Waals surface area contributed by atoms with Gasteiger partial charge in [0.2, 0.25) is 0 Å². The molecular weight excluding hydrogens is 297 g/mol. The molecule has 0 aromatic rings.